The number of carbonyl (C=O) groups is 3. The Labute approximate surface area is 121 Å². The van der Waals surface area contributed by atoms with E-state index in [4.69, 9.17) is 0 Å². The second-order valence-corrected chi connectivity index (χ2v) is 4.89. The second-order valence-electron chi connectivity index (χ2n) is 4.89. The van der Waals surface area contributed by atoms with Gasteiger partial charge in [0.25, 0.3) is 0 Å². The molecule has 0 radical (unpaired) electrons. The van der Waals surface area contributed by atoms with Crippen molar-refractivity contribution in [2.24, 2.45) is 7.05 Å². The quantitative estimate of drug-likeness (QED) is 0.775. The molecule has 0 bridgehead atoms. The zero-order chi connectivity index (χ0) is 15.4. The number of rotatable bonds is 3. The van der Waals surface area contributed by atoms with Crippen molar-refractivity contribution in [2.45, 2.75) is 31.7 Å². The number of anilines is 1. The van der Waals surface area contributed by atoms with Crippen molar-refractivity contribution < 1.29 is 19.1 Å². The number of carbonyl (C=O) groups excluding carboxylic acids is 3. The summed E-state index contributed by atoms with van der Waals surface area (Å²) in [6, 6.07) is 0.867. The molecule has 0 aliphatic carbocycles. The molecule has 8 heteroatoms. The zero-order valence-corrected chi connectivity index (χ0v) is 12.0. The van der Waals surface area contributed by atoms with Crippen LogP contribution in [0.4, 0.5) is 5.82 Å². The summed E-state index contributed by atoms with van der Waals surface area (Å²) >= 11 is 0. The Hall–Kier alpha value is -2.38. The van der Waals surface area contributed by atoms with Crippen molar-refractivity contribution in [3.05, 3.63) is 11.8 Å². The van der Waals surface area contributed by atoms with E-state index in [1.807, 2.05) is 0 Å². The number of esters is 1. The number of ether oxygens (including phenoxy) is 1. The number of hydrogen-bond acceptors (Lipinski definition) is 5. The van der Waals surface area contributed by atoms with Gasteiger partial charge in [-0.2, -0.15) is 5.10 Å². The van der Waals surface area contributed by atoms with Crippen LogP contribution < -0.4 is 10.6 Å². The molecule has 8 nitrogen and oxygen atoms in total. The van der Waals surface area contributed by atoms with Crippen molar-refractivity contribution in [3.63, 3.8) is 0 Å². The zero-order valence-electron chi connectivity index (χ0n) is 12.0. The Morgan fingerprint density at radius 1 is 1.48 bits per heavy atom. The minimum Gasteiger partial charge on any atom is -0.464 e. The fraction of sp³-hybridized carbons (Fsp3) is 0.538. The summed E-state index contributed by atoms with van der Waals surface area (Å²) in [7, 11) is 2.85. The van der Waals surface area contributed by atoms with E-state index in [2.05, 4.69) is 20.5 Å². The first-order valence-electron chi connectivity index (χ1n) is 6.74. The number of nitrogens with one attached hydrogen (secondary N) is 2. The van der Waals surface area contributed by atoms with Crippen molar-refractivity contribution >= 4 is 23.6 Å². The molecule has 1 aromatic rings. The number of aromatic nitrogens is 2. The number of nitrogens with zero attached hydrogens (tertiary/aromatic N) is 2. The maximum atomic E-state index is 12.1. The molecule has 0 spiro atoms. The van der Waals surface area contributed by atoms with Crippen molar-refractivity contribution in [2.75, 3.05) is 12.4 Å². The third-order valence-corrected chi connectivity index (χ3v) is 3.32. The molecular formula is C13H18N4O4. The van der Waals surface area contributed by atoms with Crippen molar-refractivity contribution in [3.8, 4) is 0 Å². The molecule has 1 aliphatic rings. The molecule has 1 saturated heterocycles. The van der Waals surface area contributed by atoms with Gasteiger partial charge in [-0.25, -0.2) is 4.79 Å². The van der Waals surface area contributed by atoms with E-state index in [-0.39, 0.29) is 23.3 Å². The van der Waals surface area contributed by atoms with Crippen molar-refractivity contribution in [1.82, 2.24) is 15.1 Å². The van der Waals surface area contributed by atoms with E-state index in [0.29, 0.717) is 12.8 Å². The summed E-state index contributed by atoms with van der Waals surface area (Å²) in [6.45, 7) is 0. The van der Waals surface area contributed by atoms with Crippen LogP contribution in [0.25, 0.3) is 0 Å². The Morgan fingerprint density at radius 2 is 2.24 bits per heavy atom. The molecule has 2 amide bonds. The molecule has 2 rings (SSSR count). The molecule has 1 fully saturated rings. The van der Waals surface area contributed by atoms with Crippen LogP contribution in [-0.4, -0.2) is 40.7 Å². The second kappa shape index (κ2) is 6.38. The van der Waals surface area contributed by atoms with Crippen molar-refractivity contribution in [1.29, 1.82) is 0 Å². The van der Waals surface area contributed by atoms with Gasteiger partial charge in [-0.05, 0) is 12.8 Å². The molecule has 1 unspecified atom stereocenters. The molecule has 1 atom stereocenters. The lowest BCUT2D eigenvalue weighted by Gasteiger charge is -2.14. The van der Waals surface area contributed by atoms with E-state index in [9.17, 15) is 14.4 Å². The van der Waals surface area contributed by atoms with Crippen LogP contribution in [0.15, 0.2) is 6.07 Å². The topological polar surface area (TPSA) is 102 Å². The Bertz CT molecular complexity index is 567. The van der Waals surface area contributed by atoms with Crippen LogP contribution in [0.3, 0.4) is 0 Å². The molecule has 1 aliphatic heterocycles. The summed E-state index contributed by atoms with van der Waals surface area (Å²) in [5.41, 5.74) is 0.234. The van der Waals surface area contributed by atoms with Gasteiger partial charge in [0.2, 0.25) is 11.8 Å². The maximum Gasteiger partial charge on any atom is 0.356 e. The van der Waals surface area contributed by atoms with E-state index in [1.165, 1.54) is 17.9 Å². The largest absolute Gasteiger partial charge is 0.464 e. The van der Waals surface area contributed by atoms with Crippen LogP contribution in [0, 0.1) is 0 Å². The molecule has 21 heavy (non-hydrogen) atoms. The summed E-state index contributed by atoms with van der Waals surface area (Å²) in [4.78, 5) is 35.1. The Kier molecular flexibility index (Phi) is 4.56. The fourth-order valence-corrected chi connectivity index (χ4v) is 2.21. The summed E-state index contributed by atoms with van der Waals surface area (Å²) in [5, 5.41) is 9.31. The molecule has 2 N–H and O–H groups in total. The molecule has 1 aromatic heterocycles. The maximum absolute atomic E-state index is 12.1. The molecule has 114 valence electrons. The summed E-state index contributed by atoms with van der Waals surface area (Å²) in [5.74, 6) is -0.738. The molecule has 0 aromatic carbocycles. The van der Waals surface area contributed by atoms with Gasteiger partial charge in [-0.1, -0.05) is 6.42 Å². The SMILES string of the molecule is COC(=O)c1cc(NC(=O)C2CCCCC(=O)N2)nn1C. The third kappa shape index (κ3) is 3.59. The minimum absolute atomic E-state index is 0.121. The average molecular weight is 294 g/mol. The van der Waals surface area contributed by atoms with Crippen LogP contribution in [0.1, 0.15) is 36.2 Å². The Balaban J connectivity index is 2.05. The van der Waals surface area contributed by atoms with Gasteiger partial charge in [0.1, 0.15) is 11.7 Å². The highest BCUT2D eigenvalue weighted by molar-refractivity contribution is 5.97. The lowest BCUT2D eigenvalue weighted by Crippen LogP contribution is -2.42. The van der Waals surface area contributed by atoms with Crippen LogP contribution in [0.5, 0.6) is 0 Å². The summed E-state index contributed by atoms with van der Waals surface area (Å²) in [6.07, 6.45) is 2.63. The highest BCUT2D eigenvalue weighted by Gasteiger charge is 2.24. The predicted molar refractivity (Wildman–Crippen MR) is 73.6 cm³/mol. The predicted octanol–water partition coefficient (Wildman–Crippen LogP) is 0.204. The van der Waals surface area contributed by atoms with E-state index in [1.54, 1.807) is 7.05 Å². The number of amides is 2. The van der Waals surface area contributed by atoms with Gasteiger partial charge in [0, 0.05) is 19.5 Å². The van der Waals surface area contributed by atoms with Gasteiger partial charge in [0.05, 0.1) is 7.11 Å². The van der Waals surface area contributed by atoms with Gasteiger partial charge in [-0.3, -0.25) is 14.3 Å². The third-order valence-electron chi connectivity index (χ3n) is 3.32. The van der Waals surface area contributed by atoms with Gasteiger partial charge < -0.3 is 15.4 Å². The summed E-state index contributed by atoms with van der Waals surface area (Å²) < 4.78 is 5.94. The van der Waals surface area contributed by atoms with Gasteiger partial charge in [-0.15, -0.1) is 0 Å². The Morgan fingerprint density at radius 3 is 2.95 bits per heavy atom. The highest BCUT2D eigenvalue weighted by Crippen LogP contribution is 2.13. The van der Waals surface area contributed by atoms with Crippen LogP contribution in [0.2, 0.25) is 0 Å². The number of hydrogen-bond donors (Lipinski definition) is 2. The monoisotopic (exact) mass is 294 g/mol. The molecule has 0 saturated carbocycles. The fourth-order valence-electron chi connectivity index (χ4n) is 2.21. The van der Waals surface area contributed by atoms with Crippen LogP contribution >= 0.6 is 0 Å². The lowest BCUT2D eigenvalue weighted by atomic mass is 10.1. The minimum atomic E-state index is -0.566. The first-order chi connectivity index (χ1) is 10.0. The number of methoxy groups -OCH3 is 1. The first kappa shape index (κ1) is 15.0. The smallest absolute Gasteiger partial charge is 0.356 e. The highest BCUT2D eigenvalue weighted by atomic mass is 16.5. The first-order valence-corrected chi connectivity index (χ1v) is 6.74. The lowest BCUT2D eigenvalue weighted by molar-refractivity contribution is -0.126. The van der Waals surface area contributed by atoms with Gasteiger partial charge in [0.15, 0.2) is 5.82 Å². The standard InChI is InChI=1S/C13H18N4O4/c1-17-9(13(20)21-2)7-10(16-17)15-12(19)8-5-3-4-6-11(18)14-8/h7-8H,3-6H2,1-2H3,(H,14,18)(H,15,16,19). The van der Waals surface area contributed by atoms with Gasteiger partial charge >= 0.3 is 5.97 Å². The molecule has 2 heterocycles. The average Bonchev–Trinajstić information content (AvgIpc) is 2.67. The van der Waals surface area contributed by atoms with Crippen LogP contribution in [-0.2, 0) is 21.4 Å². The van der Waals surface area contributed by atoms with E-state index >= 15 is 0 Å². The molecular weight excluding hydrogens is 276 g/mol. The number of aryl methyl sites for hydroxylation is 1. The normalized spacial score (nSPS) is 18.6. The van der Waals surface area contributed by atoms with E-state index < -0.39 is 12.0 Å². The van der Waals surface area contributed by atoms with E-state index in [0.717, 1.165) is 12.8 Å².